The highest BCUT2D eigenvalue weighted by molar-refractivity contribution is 5.12. The molecular weight excluding hydrogens is 176 g/mol. The molecule has 0 aliphatic carbocycles. The van der Waals surface area contributed by atoms with Crippen LogP contribution in [0.5, 0.6) is 0 Å². The average molecular weight is 188 g/mol. The maximum atomic E-state index is 5.58. The molecule has 2 heterocycles. The fraction of sp³-hybridized carbons (Fsp3) is 0.200. The van der Waals surface area contributed by atoms with Crippen molar-refractivity contribution in [2.45, 2.75) is 13.1 Å². The molecule has 4 heteroatoms. The Bertz CT molecular complexity index is 394. The lowest BCUT2D eigenvalue weighted by Crippen LogP contribution is -2.07. The molecule has 2 aromatic rings. The van der Waals surface area contributed by atoms with E-state index in [2.05, 4.69) is 9.97 Å². The third kappa shape index (κ3) is 1.80. The van der Waals surface area contributed by atoms with Crippen LogP contribution in [-0.2, 0) is 13.1 Å². The topological polar surface area (TPSA) is 56.7 Å². The number of rotatable bonds is 3. The minimum absolute atomic E-state index is 0.519. The monoisotopic (exact) mass is 188 g/mol. The fourth-order valence-corrected chi connectivity index (χ4v) is 1.35. The maximum absolute atomic E-state index is 5.58. The predicted octanol–water partition coefficient (Wildman–Crippen LogP) is 0.785. The third-order valence-electron chi connectivity index (χ3n) is 2.11. The molecule has 0 unspecified atom stereocenters. The van der Waals surface area contributed by atoms with Crippen molar-refractivity contribution in [2.24, 2.45) is 5.73 Å². The van der Waals surface area contributed by atoms with Crippen molar-refractivity contribution in [2.75, 3.05) is 0 Å². The molecule has 0 saturated heterocycles. The highest BCUT2D eigenvalue weighted by atomic mass is 15.0. The Kier molecular flexibility index (Phi) is 2.55. The molecule has 0 aromatic carbocycles. The Morgan fingerprint density at radius 3 is 2.71 bits per heavy atom. The Morgan fingerprint density at radius 1 is 1.21 bits per heavy atom. The second kappa shape index (κ2) is 4.02. The number of hydrogen-bond donors (Lipinski definition) is 1. The van der Waals surface area contributed by atoms with Crippen LogP contribution in [0.1, 0.15) is 11.3 Å². The van der Waals surface area contributed by atoms with E-state index in [9.17, 15) is 0 Å². The summed E-state index contributed by atoms with van der Waals surface area (Å²) in [6, 6.07) is 3.97. The number of nitrogens with zero attached hydrogens (tertiary/aromatic N) is 3. The summed E-state index contributed by atoms with van der Waals surface area (Å²) in [4.78, 5) is 8.02. The van der Waals surface area contributed by atoms with Gasteiger partial charge in [0.05, 0.1) is 12.0 Å². The normalized spacial score (nSPS) is 10.4. The van der Waals surface area contributed by atoms with Gasteiger partial charge in [-0.2, -0.15) is 0 Å². The zero-order valence-corrected chi connectivity index (χ0v) is 7.80. The molecule has 2 rings (SSSR count). The zero-order chi connectivity index (χ0) is 9.80. The Labute approximate surface area is 82.4 Å². The van der Waals surface area contributed by atoms with E-state index in [4.69, 9.17) is 5.73 Å². The third-order valence-corrected chi connectivity index (χ3v) is 2.11. The van der Waals surface area contributed by atoms with Crippen molar-refractivity contribution >= 4 is 0 Å². The molecule has 2 aromatic heterocycles. The molecule has 14 heavy (non-hydrogen) atoms. The zero-order valence-electron chi connectivity index (χ0n) is 7.80. The van der Waals surface area contributed by atoms with Gasteiger partial charge in [-0.05, 0) is 17.7 Å². The van der Waals surface area contributed by atoms with Gasteiger partial charge in [0.1, 0.15) is 0 Å². The van der Waals surface area contributed by atoms with Gasteiger partial charge in [0.25, 0.3) is 0 Å². The van der Waals surface area contributed by atoms with E-state index in [0.717, 1.165) is 12.2 Å². The van der Waals surface area contributed by atoms with Crippen LogP contribution in [0, 0.1) is 0 Å². The molecule has 2 N–H and O–H groups in total. The van der Waals surface area contributed by atoms with Gasteiger partial charge in [0.15, 0.2) is 0 Å². The summed E-state index contributed by atoms with van der Waals surface area (Å²) in [5, 5.41) is 0. The minimum Gasteiger partial charge on any atom is -0.329 e. The van der Waals surface area contributed by atoms with Gasteiger partial charge in [-0.15, -0.1) is 0 Å². The first-order valence-corrected chi connectivity index (χ1v) is 4.48. The summed E-state index contributed by atoms with van der Waals surface area (Å²) in [6.07, 6.45) is 7.16. The van der Waals surface area contributed by atoms with Crippen molar-refractivity contribution in [1.29, 1.82) is 0 Å². The molecule has 0 fully saturated rings. The van der Waals surface area contributed by atoms with Crippen molar-refractivity contribution < 1.29 is 0 Å². The Balaban J connectivity index is 2.19. The van der Waals surface area contributed by atoms with Crippen molar-refractivity contribution in [3.63, 3.8) is 0 Å². The van der Waals surface area contributed by atoms with Crippen LogP contribution in [0.3, 0.4) is 0 Å². The lowest BCUT2D eigenvalue weighted by Gasteiger charge is -2.05. The molecule has 0 spiro atoms. The minimum atomic E-state index is 0.519. The number of aromatic nitrogens is 3. The highest BCUT2D eigenvalue weighted by Gasteiger charge is 1.99. The van der Waals surface area contributed by atoms with Gasteiger partial charge < -0.3 is 10.3 Å². The number of pyridine rings is 1. The highest BCUT2D eigenvalue weighted by Crippen LogP contribution is 2.04. The number of nitrogens with two attached hydrogens (primary N) is 1. The first kappa shape index (κ1) is 8.90. The van der Waals surface area contributed by atoms with Crippen molar-refractivity contribution in [3.05, 3.63) is 48.3 Å². The van der Waals surface area contributed by atoms with Crippen LogP contribution >= 0.6 is 0 Å². The number of imidazole rings is 1. The van der Waals surface area contributed by atoms with Gasteiger partial charge in [-0.1, -0.05) is 0 Å². The van der Waals surface area contributed by atoms with Crippen LogP contribution in [0.15, 0.2) is 37.1 Å². The van der Waals surface area contributed by atoms with E-state index in [0.29, 0.717) is 6.54 Å². The van der Waals surface area contributed by atoms with Gasteiger partial charge in [0, 0.05) is 31.7 Å². The lowest BCUT2D eigenvalue weighted by molar-refractivity contribution is 0.739. The second-order valence-electron chi connectivity index (χ2n) is 3.07. The van der Waals surface area contributed by atoms with E-state index in [-0.39, 0.29) is 0 Å². The van der Waals surface area contributed by atoms with E-state index in [1.54, 1.807) is 24.9 Å². The van der Waals surface area contributed by atoms with Crippen molar-refractivity contribution in [1.82, 2.24) is 14.5 Å². The first-order chi connectivity index (χ1) is 6.90. The summed E-state index contributed by atoms with van der Waals surface area (Å²) in [6.45, 7) is 1.32. The molecule has 0 aliphatic heterocycles. The summed E-state index contributed by atoms with van der Waals surface area (Å²) in [5.74, 6) is 0. The van der Waals surface area contributed by atoms with Crippen LogP contribution in [0.25, 0.3) is 0 Å². The van der Waals surface area contributed by atoms with Gasteiger partial charge in [-0.25, -0.2) is 4.98 Å². The number of hydrogen-bond acceptors (Lipinski definition) is 3. The average Bonchev–Trinajstić information content (AvgIpc) is 2.67. The Morgan fingerprint density at radius 2 is 2.00 bits per heavy atom. The van der Waals surface area contributed by atoms with E-state index in [1.165, 1.54) is 5.56 Å². The maximum Gasteiger partial charge on any atom is 0.0951 e. The van der Waals surface area contributed by atoms with Crippen LogP contribution in [-0.4, -0.2) is 14.5 Å². The summed E-state index contributed by atoms with van der Waals surface area (Å²) < 4.78 is 2.04. The molecule has 0 amide bonds. The molecule has 0 atom stereocenters. The SMILES string of the molecule is NCc1cncn1Cc1ccncc1. The Hall–Kier alpha value is -1.68. The van der Waals surface area contributed by atoms with Crippen LogP contribution in [0.4, 0.5) is 0 Å². The predicted molar refractivity (Wildman–Crippen MR) is 53.5 cm³/mol. The summed E-state index contributed by atoms with van der Waals surface area (Å²) in [7, 11) is 0. The first-order valence-electron chi connectivity index (χ1n) is 4.48. The van der Waals surface area contributed by atoms with Crippen molar-refractivity contribution in [3.8, 4) is 0 Å². The van der Waals surface area contributed by atoms with E-state index >= 15 is 0 Å². The van der Waals surface area contributed by atoms with E-state index < -0.39 is 0 Å². The largest absolute Gasteiger partial charge is 0.329 e. The quantitative estimate of drug-likeness (QED) is 0.774. The standard InChI is InChI=1S/C10H12N4/c11-5-10-6-13-8-14(10)7-9-1-3-12-4-2-9/h1-4,6,8H,5,7,11H2. The summed E-state index contributed by atoms with van der Waals surface area (Å²) >= 11 is 0. The molecule has 4 nitrogen and oxygen atoms in total. The van der Waals surface area contributed by atoms with Crippen LogP contribution < -0.4 is 5.73 Å². The van der Waals surface area contributed by atoms with Gasteiger partial charge in [0.2, 0.25) is 0 Å². The second-order valence-corrected chi connectivity index (χ2v) is 3.07. The molecule has 0 radical (unpaired) electrons. The molecule has 0 bridgehead atoms. The summed E-state index contributed by atoms with van der Waals surface area (Å²) in [5.41, 5.74) is 7.82. The van der Waals surface area contributed by atoms with Gasteiger partial charge in [-0.3, -0.25) is 4.98 Å². The lowest BCUT2D eigenvalue weighted by atomic mass is 10.2. The molecule has 0 saturated carbocycles. The smallest absolute Gasteiger partial charge is 0.0951 e. The fourth-order valence-electron chi connectivity index (χ4n) is 1.35. The van der Waals surface area contributed by atoms with Gasteiger partial charge >= 0.3 is 0 Å². The van der Waals surface area contributed by atoms with Crippen LogP contribution in [0.2, 0.25) is 0 Å². The molecular formula is C10H12N4. The molecule has 72 valence electrons. The van der Waals surface area contributed by atoms with E-state index in [1.807, 2.05) is 16.7 Å². The molecule has 0 aliphatic rings.